The van der Waals surface area contributed by atoms with Crippen molar-refractivity contribution >= 4 is 44.0 Å². The lowest BCUT2D eigenvalue weighted by Gasteiger charge is -1.93. The molecule has 1 heterocycles. The van der Waals surface area contributed by atoms with Crippen molar-refractivity contribution in [2.75, 3.05) is 7.11 Å². The van der Waals surface area contributed by atoms with Gasteiger partial charge in [0.25, 0.3) is 0 Å². The number of hydrogen-bond acceptors (Lipinski definition) is 2. The minimum Gasteiger partial charge on any atom is -0.485 e. The summed E-state index contributed by atoms with van der Waals surface area (Å²) in [6, 6.07) is 5.70. The van der Waals surface area contributed by atoms with E-state index in [1.807, 2.05) is 18.2 Å². The highest BCUT2D eigenvalue weighted by Gasteiger charge is 2.13. The molecule has 2 rings (SSSR count). The average Bonchev–Trinajstić information content (AvgIpc) is 2.44. The summed E-state index contributed by atoms with van der Waals surface area (Å²) in [4.78, 5) is 0. The van der Waals surface area contributed by atoms with Gasteiger partial charge in [0, 0.05) is 13.7 Å². The molecule has 0 aliphatic rings. The van der Waals surface area contributed by atoms with Crippen LogP contribution >= 0.6 is 33.9 Å². The highest BCUT2D eigenvalue weighted by molar-refractivity contribution is 14.1. The van der Waals surface area contributed by atoms with Gasteiger partial charge in [-0.15, -0.1) is 0 Å². The zero-order valence-corrected chi connectivity index (χ0v) is 9.78. The van der Waals surface area contributed by atoms with Gasteiger partial charge in [-0.25, -0.2) is 4.39 Å². The van der Waals surface area contributed by atoms with E-state index in [0.717, 1.165) is 8.27 Å². The molecule has 1 aromatic carbocycles. The van der Waals surface area contributed by atoms with Gasteiger partial charge in [-0.1, -0.05) is 17.4 Å². The third-order valence-corrected chi connectivity index (χ3v) is 3.75. The number of halogens is 2. The molecular weight excluding hydrogens is 302 g/mol. The molecule has 4 heteroatoms. The topological polar surface area (TPSA) is 9.23 Å². The van der Waals surface area contributed by atoms with Crippen LogP contribution in [0.25, 0.3) is 10.1 Å². The van der Waals surface area contributed by atoms with Gasteiger partial charge in [0.05, 0.1) is 7.11 Å². The van der Waals surface area contributed by atoms with Crippen LogP contribution in [0.1, 0.15) is 0 Å². The lowest BCUT2D eigenvalue weighted by atomic mass is 10.2. The highest BCUT2D eigenvalue weighted by atomic mass is 127. The van der Waals surface area contributed by atoms with Crippen molar-refractivity contribution in [3.63, 3.8) is 0 Å². The van der Waals surface area contributed by atoms with E-state index in [4.69, 9.17) is 4.74 Å². The molecule has 0 fully saturated rings. The zero-order valence-electron chi connectivity index (χ0n) is 6.80. The molecule has 2 aromatic rings. The van der Waals surface area contributed by atoms with E-state index in [9.17, 15) is 4.39 Å². The van der Waals surface area contributed by atoms with Crippen molar-refractivity contribution in [1.29, 1.82) is 0 Å². The Balaban J connectivity index is 2.85. The van der Waals surface area contributed by atoms with E-state index in [1.165, 1.54) is 18.4 Å². The normalized spacial score (nSPS) is 10.7. The first-order chi connectivity index (χ1) is 6.24. The summed E-state index contributed by atoms with van der Waals surface area (Å²) in [5.74, 6) is -0.243. The molecule has 0 saturated heterocycles. The van der Waals surface area contributed by atoms with Crippen molar-refractivity contribution < 1.29 is 9.13 Å². The lowest BCUT2D eigenvalue weighted by Crippen LogP contribution is -1.81. The van der Waals surface area contributed by atoms with E-state index >= 15 is 0 Å². The fourth-order valence-corrected chi connectivity index (χ4v) is 3.02. The average molecular weight is 308 g/mol. The Labute approximate surface area is 92.7 Å². The Bertz CT molecular complexity index is 452. The van der Waals surface area contributed by atoms with Gasteiger partial charge in [-0.2, -0.15) is 0 Å². The Hall–Kier alpha value is -0.360. The van der Waals surface area contributed by atoms with Crippen LogP contribution in [-0.2, 0) is 0 Å². The summed E-state index contributed by atoms with van der Waals surface area (Å²) in [5, 5.41) is 1.03. The molecule has 0 saturated carbocycles. The van der Waals surface area contributed by atoms with Crippen molar-refractivity contribution in [1.82, 2.24) is 0 Å². The molecular formula is C9H6FIOS. The predicted molar refractivity (Wildman–Crippen MR) is 61.1 cm³/mol. The summed E-state index contributed by atoms with van der Waals surface area (Å²) in [6.07, 6.45) is 0. The van der Waals surface area contributed by atoms with E-state index in [2.05, 4.69) is 22.6 Å². The maximum Gasteiger partial charge on any atom is 0.211 e. The van der Waals surface area contributed by atoms with Crippen LogP contribution in [0.2, 0.25) is 0 Å². The minimum absolute atomic E-state index is 0.243. The van der Waals surface area contributed by atoms with Crippen LogP contribution < -0.4 is 4.74 Å². The summed E-state index contributed by atoms with van der Waals surface area (Å²) >= 11 is 3.46. The Morgan fingerprint density at radius 3 is 2.85 bits per heavy atom. The number of methoxy groups -OCH3 is 1. The third kappa shape index (κ3) is 1.42. The summed E-state index contributed by atoms with van der Waals surface area (Å²) in [6.45, 7) is 0. The first-order valence-corrected chi connectivity index (χ1v) is 5.54. The number of rotatable bonds is 1. The zero-order chi connectivity index (χ0) is 9.42. The van der Waals surface area contributed by atoms with Crippen LogP contribution in [0.5, 0.6) is 5.06 Å². The molecule has 1 nitrogen and oxygen atoms in total. The van der Waals surface area contributed by atoms with Gasteiger partial charge in [-0.3, -0.25) is 0 Å². The van der Waals surface area contributed by atoms with Crippen LogP contribution in [0.15, 0.2) is 18.2 Å². The van der Waals surface area contributed by atoms with Crippen molar-refractivity contribution in [2.45, 2.75) is 0 Å². The van der Waals surface area contributed by atoms with Gasteiger partial charge in [-0.05, 0) is 34.7 Å². The molecule has 0 radical (unpaired) electrons. The molecule has 0 unspecified atom stereocenters. The molecule has 68 valence electrons. The van der Waals surface area contributed by atoms with Gasteiger partial charge in [0.2, 0.25) is 5.06 Å². The predicted octanol–water partition coefficient (Wildman–Crippen LogP) is 3.65. The summed E-state index contributed by atoms with van der Waals surface area (Å²) in [5.41, 5.74) is 0. The second kappa shape index (κ2) is 3.42. The maximum atomic E-state index is 13.6. The fraction of sp³-hybridized carbons (Fsp3) is 0.111. The standard InChI is InChI=1S/C9H6FIOS/c1-12-9-8(10)7-5(11)3-2-4-6(7)13-9/h2-4H,1H3. The second-order valence-corrected chi connectivity index (χ2v) is 4.70. The van der Waals surface area contributed by atoms with E-state index in [0.29, 0.717) is 10.4 Å². The van der Waals surface area contributed by atoms with Gasteiger partial charge in [0.15, 0.2) is 5.82 Å². The van der Waals surface area contributed by atoms with E-state index in [1.54, 1.807) is 0 Å². The number of ether oxygens (including phenoxy) is 1. The molecule has 0 N–H and O–H groups in total. The lowest BCUT2D eigenvalue weighted by molar-refractivity contribution is 0.402. The Morgan fingerprint density at radius 2 is 2.23 bits per heavy atom. The largest absolute Gasteiger partial charge is 0.485 e. The number of thiophene rings is 1. The van der Waals surface area contributed by atoms with Gasteiger partial charge in [0.1, 0.15) is 0 Å². The fourth-order valence-electron chi connectivity index (χ4n) is 1.18. The van der Waals surface area contributed by atoms with E-state index in [-0.39, 0.29) is 5.82 Å². The molecule has 0 spiro atoms. The first kappa shape index (κ1) is 9.21. The first-order valence-electron chi connectivity index (χ1n) is 3.64. The second-order valence-electron chi connectivity index (χ2n) is 2.52. The minimum atomic E-state index is -0.243. The van der Waals surface area contributed by atoms with E-state index < -0.39 is 0 Å². The molecule has 0 bridgehead atoms. The number of fused-ring (bicyclic) bond motifs is 1. The van der Waals surface area contributed by atoms with Crippen LogP contribution in [0.3, 0.4) is 0 Å². The summed E-state index contributed by atoms with van der Waals surface area (Å²) in [7, 11) is 1.49. The molecule has 0 amide bonds. The van der Waals surface area contributed by atoms with Crippen molar-refractivity contribution in [2.24, 2.45) is 0 Å². The SMILES string of the molecule is COc1sc2cccc(I)c2c1F. The molecule has 0 atom stereocenters. The van der Waals surface area contributed by atoms with Crippen molar-refractivity contribution in [3.8, 4) is 5.06 Å². The third-order valence-electron chi connectivity index (χ3n) is 1.76. The molecule has 0 aliphatic heterocycles. The summed E-state index contributed by atoms with van der Waals surface area (Å²) < 4.78 is 20.4. The van der Waals surface area contributed by atoms with Crippen LogP contribution in [0.4, 0.5) is 4.39 Å². The van der Waals surface area contributed by atoms with Crippen molar-refractivity contribution in [3.05, 3.63) is 27.6 Å². The smallest absolute Gasteiger partial charge is 0.211 e. The highest BCUT2D eigenvalue weighted by Crippen LogP contribution is 2.37. The monoisotopic (exact) mass is 308 g/mol. The molecule has 13 heavy (non-hydrogen) atoms. The van der Waals surface area contributed by atoms with Crippen LogP contribution in [0, 0.1) is 9.39 Å². The number of benzene rings is 1. The quantitative estimate of drug-likeness (QED) is 0.731. The van der Waals surface area contributed by atoms with Gasteiger partial charge >= 0.3 is 0 Å². The molecule has 1 aromatic heterocycles. The number of hydrogen-bond donors (Lipinski definition) is 0. The Morgan fingerprint density at radius 1 is 1.46 bits per heavy atom. The van der Waals surface area contributed by atoms with Crippen LogP contribution in [-0.4, -0.2) is 7.11 Å². The van der Waals surface area contributed by atoms with Gasteiger partial charge < -0.3 is 4.74 Å². The maximum absolute atomic E-state index is 13.6. The Kier molecular flexibility index (Phi) is 2.42. The molecule has 0 aliphatic carbocycles.